The summed E-state index contributed by atoms with van der Waals surface area (Å²) in [5.74, 6) is -0.935. The van der Waals surface area contributed by atoms with E-state index in [9.17, 15) is 9.59 Å². The van der Waals surface area contributed by atoms with Crippen molar-refractivity contribution in [3.63, 3.8) is 0 Å². The highest BCUT2D eigenvalue weighted by Crippen LogP contribution is 1.75. The first-order valence-corrected chi connectivity index (χ1v) is 2.02. The van der Waals surface area contributed by atoms with Gasteiger partial charge < -0.3 is 4.74 Å². The molecule has 40 valence electrons. The molecule has 0 unspecified atom stereocenters. The van der Waals surface area contributed by atoms with Crippen LogP contribution in [0.25, 0.3) is 0 Å². The molecule has 0 rings (SSSR count). The topological polar surface area (TPSA) is 43.4 Å². The number of esters is 1. The predicted octanol–water partition coefficient (Wildman–Crippen LogP) is -0.0752. The Bertz CT molecular complexity index is 80.2. The Hall–Kier alpha value is -0.570. The van der Waals surface area contributed by atoms with Crippen molar-refractivity contribution in [2.45, 2.75) is 0 Å². The van der Waals surface area contributed by atoms with Gasteiger partial charge in [-0.05, 0) is 0 Å². The van der Waals surface area contributed by atoms with Crippen molar-refractivity contribution >= 4 is 23.9 Å². The Morgan fingerprint density at radius 3 is 2.57 bits per heavy atom. The van der Waals surface area contributed by atoms with Crippen LogP contribution in [-0.2, 0) is 14.3 Å². The highest BCUT2D eigenvalue weighted by Gasteiger charge is 1.92. The van der Waals surface area contributed by atoms with Crippen molar-refractivity contribution in [3.8, 4) is 0 Å². The van der Waals surface area contributed by atoms with Gasteiger partial charge in [-0.1, -0.05) is 11.6 Å². The molecule has 4 heteroatoms. The lowest BCUT2D eigenvalue weighted by molar-refractivity contribution is -0.147. The second-order valence-electron chi connectivity index (χ2n) is 0.690. The third-order valence-electron chi connectivity index (χ3n) is 0.293. The fourth-order valence-corrected chi connectivity index (χ4v) is 0.195. The Morgan fingerprint density at radius 1 is 1.86 bits per heavy atom. The third kappa shape index (κ3) is 3.26. The maximum Gasteiger partial charge on any atom is 0.372 e. The minimum Gasteiger partial charge on any atom is -0.444 e. The van der Waals surface area contributed by atoms with Gasteiger partial charge in [0.25, 0.3) is 0 Å². The first-order chi connectivity index (χ1) is 3.31. The molecule has 0 aromatic carbocycles. The maximum absolute atomic E-state index is 9.74. The molecule has 0 heterocycles. The first-order valence-electron chi connectivity index (χ1n) is 1.49. The molecule has 0 aliphatic rings. The number of hydrogen-bond acceptors (Lipinski definition) is 3. The Morgan fingerprint density at radius 2 is 2.43 bits per heavy atom. The van der Waals surface area contributed by atoms with Crippen LogP contribution in [0.2, 0.25) is 0 Å². The minimum atomic E-state index is -0.935. The molecule has 0 bridgehead atoms. The molecule has 7 heavy (non-hydrogen) atoms. The van der Waals surface area contributed by atoms with E-state index in [0.29, 0.717) is 0 Å². The van der Waals surface area contributed by atoms with Gasteiger partial charge >= 0.3 is 5.97 Å². The summed E-state index contributed by atoms with van der Waals surface area (Å²) in [6, 6.07) is -0.266. The summed E-state index contributed by atoms with van der Waals surface area (Å²) in [6.07, 6.45) is 0.0579. The van der Waals surface area contributed by atoms with Crippen LogP contribution in [0.3, 0.4) is 0 Å². The van der Waals surface area contributed by atoms with Crippen LogP contribution in [-0.4, -0.2) is 18.3 Å². The first kappa shape index (κ1) is 6.43. The summed E-state index contributed by atoms with van der Waals surface area (Å²) in [7, 11) is 0. The smallest absolute Gasteiger partial charge is 0.372 e. The Labute approximate surface area is 45.2 Å². The lowest BCUT2D eigenvalue weighted by Crippen LogP contribution is -2.02. The van der Waals surface area contributed by atoms with Gasteiger partial charge in [0.1, 0.15) is 0 Å². The number of rotatable bonds is 2. The molecular weight excluding hydrogens is 119 g/mol. The van der Waals surface area contributed by atoms with Crippen molar-refractivity contribution < 1.29 is 14.3 Å². The maximum atomic E-state index is 9.74. The Kier molecular flexibility index (Phi) is 3.32. The van der Waals surface area contributed by atoms with Crippen molar-refractivity contribution in [2.24, 2.45) is 0 Å². The molecular formula is C3H3ClO3. The number of aldehydes is 1. The summed E-state index contributed by atoms with van der Waals surface area (Å²) in [4.78, 5) is 19.1. The zero-order valence-corrected chi connectivity index (χ0v) is 4.14. The largest absolute Gasteiger partial charge is 0.444 e. The number of hydrogen-bond donors (Lipinski definition) is 0. The summed E-state index contributed by atoms with van der Waals surface area (Å²) in [5, 5.41) is 0. The van der Waals surface area contributed by atoms with E-state index in [0.717, 1.165) is 0 Å². The normalized spacial score (nSPS) is 7.57. The summed E-state index contributed by atoms with van der Waals surface area (Å²) >= 11 is 4.87. The Balaban J connectivity index is 3.17. The van der Waals surface area contributed by atoms with Gasteiger partial charge in [-0.15, -0.1) is 0 Å². The zero-order chi connectivity index (χ0) is 5.70. The SMILES string of the molecule is O=CC(=O)OCCl. The zero-order valence-electron chi connectivity index (χ0n) is 3.39. The van der Waals surface area contributed by atoms with E-state index in [1.165, 1.54) is 0 Å². The van der Waals surface area contributed by atoms with Gasteiger partial charge in [0.15, 0.2) is 6.07 Å². The highest BCUT2D eigenvalue weighted by molar-refractivity contribution is 6.23. The van der Waals surface area contributed by atoms with E-state index in [1.807, 2.05) is 0 Å². The molecule has 0 atom stereocenters. The van der Waals surface area contributed by atoms with Crippen molar-refractivity contribution in [1.82, 2.24) is 0 Å². The van der Waals surface area contributed by atoms with Crippen LogP contribution in [0.1, 0.15) is 0 Å². The van der Waals surface area contributed by atoms with Gasteiger partial charge in [-0.2, -0.15) is 0 Å². The number of alkyl halides is 1. The number of carbonyl (C=O) groups excluding carboxylic acids is 2. The molecule has 0 saturated carbocycles. The van der Waals surface area contributed by atoms with Gasteiger partial charge in [-0.3, -0.25) is 4.79 Å². The van der Waals surface area contributed by atoms with Crippen molar-refractivity contribution in [1.29, 1.82) is 0 Å². The van der Waals surface area contributed by atoms with Crippen LogP contribution in [0.15, 0.2) is 0 Å². The molecule has 0 aromatic rings. The van der Waals surface area contributed by atoms with Crippen LogP contribution >= 0.6 is 11.6 Å². The monoisotopic (exact) mass is 122 g/mol. The van der Waals surface area contributed by atoms with Crippen molar-refractivity contribution in [2.75, 3.05) is 6.07 Å². The average molecular weight is 123 g/mol. The summed E-state index contributed by atoms with van der Waals surface area (Å²) < 4.78 is 3.95. The molecule has 0 aliphatic carbocycles. The molecule has 0 N–H and O–H groups in total. The fraction of sp³-hybridized carbons (Fsp3) is 0.333. The quantitative estimate of drug-likeness (QED) is 0.223. The van der Waals surface area contributed by atoms with Crippen molar-refractivity contribution in [3.05, 3.63) is 0 Å². The van der Waals surface area contributed by atoms with Crippen LogP contribution in [0.4, 0.5) is 0 Å². The third-order valence-corrected chi connectivity index (χ3v) is 0.402. The van der Waals surface area contributed by atoms with Gasteiger partial charge in [0, 0.05) is 0 Å². The molecule has 0 spiro atoms. The van der Waals surface area contributed by atoms with Crippen LogP contribution < -0.4 is 0 Å². The van der Waals surface area contributed by atoms with E-state index in [-0.39, 0.29) is 12.4 Å². The van der Waals surface area contributed by atoms with E-state index in [1.54, 1.807) is 0 Å². The molecule has 0 saturated heterocycles. The minimum absolute atomic E-state index is 0.0579. The molecule has 0 aliphatic heterocycles. The fourth-order valence-electron chi connectivity index (χ4n) is 0.0878. The molecule has 0 fully saturated rings. The molecule has 0 radical (unpaired) electrons. The van der Waals surface area contributed by atoms with E-state index < -0.39 is 5.97 Å². The van der Waals surface area contributed by atoms with Crippen LogP contribution in [0.5, 0.6) is 0 Å². The standard InChI is InChI=1S/C3H3ClO3/c4-2-7-3(6)1-5/h1H,2H2. The number of carbonyl (C=O) groups is 2. The van der Waals surface area contributed by atoms with E-state index in [2.05, 4.69) is 4.74 Å². The molecule has 0 amide bonds. The van der Waals surface area contributed by atoms with Gasteiger partial charge in [0.2, 0.25) is 6.29 Å². The van der Waals surface area contributed by atoms with E-state index in [4.69, 9.17) is 11.6 Å². The number of ether oxygens (including phenoxy) is 1. The van der Waals surface area contributed by atoms with Gasteiger partial charge in [-0.25, -0.2) is 4.79 Å². The highest BCUT2D eigenvalue weighted by atomic mass is 35.5. The van der Waals surface area contributed by atoms with Crippen LogP contribution in [0, 0.1) is 0 Å². The number of halogens is 1. The second-order valence-corrected chi connectivity index (χ2v) is 0.909. The summed E-state index contributed by atoms with van der Waals surface area (Å²) in [6.45, 7) is 0. The molecule has 0 aromatic heterocycles. The lowest BCUT2D eigenvalue weighted by Gasteiger charge is -1.86. The lowest BCUT2D eigenvalue weighted by atomic mass is 10.8. The summed E-state index contributed by atoms with van der Waals surface area (Å²) in [5.41, 5.74) is 0. The predicted molar refractivity (Wildman–Crippen MR) is 22.9 cm³/mol. The average Bonchev–Trinajstić information content (AvgIpc) is 1.68. The van der Waals surface area contributed by atoms with Gasteiger partial charge in [0.05, 0.1) is 0 Å². The second kappa shape index (κ2) is 3.61. The van der Waals surface area contributed by atoms with E-state index >= 15 is 0 Å². The molecule has 3 nitrogen and oxygen atoms in total.